The second kappa shape index (κ2) is 11.1. The lowest BCUT2D eigenvalue weighted by molar-refractivity contribution is -0.145. The van der Waals surface area contributed by atoms with Gasteiger partial charge in [-0.3, -0.25) is 14.4 Å². The Labute approximate surface area is 239 Å². The van der Waals surface area contributed by atoms with Crippen LogP contribution >= 0.6 is 11.3 Å². The molecule has 3 aromatic rings. The lowest BCUT2D eigenvalue weighted by Crippen LogP contribution is -2.57. The minimum Gasteiger partial charge on any atom is -0.380 e. The van der Waals surface area contributed by atoms with Crippen molar-refractivity contribution < 1.29 is 19.1 Å². The van der Waals surface area contributed by atoms with Crippen molar-refractivity contribution in [2.45, 2.75) is 65.4 Å². The molecule has 0 aliphatic carbocycles. The van der Waals surface area contributed by atoms with Gasteiger partial charge in [-0.1, -0.05) is 63.2 Å². The van der Waals surface area contributed by atoms with Crippen LogP contribution in [-0.2, 0) is 27.4 Å². The van der Waals surface area contributed by atoms with E-state index in [4.69, 9.17) is 4.74 Å². The second-order valence-corrected chi connectivity index (χ2v) is 12.5. The molecule has 3 amide bonds. The van der Waals surface area contributed by atoms with Crippen molar-refractivity contribution in [2.75, 3.05) is 13.7 Å². The van der Waals surface area contributed by atoms with Crippen LogP contribution in [0.2, 0.25) is 0 Å². The number of carbonyl (C=O) groups is 3. The molecule has 2 aliphatic heterocycles. The SMILES string of the molecule is CO[C@@H]1C[C@@H](C(=O)NCc2ccc(-c3scnc3C)cc2)N(C(=O)[C@@H](N2Cc3ccccc3C2=O)C(C)(C)C)C1. The Morgan fingerprint density at radius 2 is 1.88 bits per heavy atom. The van der Waals surface area contributed by atoms with E-state index >= 15 is 0 Å². The number of aromatic nitrogens is 1. The normalized spacial score (nSPS) is 19.6. The molecule has 0 radical (unpaired) electrons. The Hall–Kier alpha value is -3.56. The molecule has 0 bridgehead atoms. The summed E-state index contributed by atoms with van der Waals surface area (Å²) in [7, 11) is 1.60. The average molecular weight is 561 g/mol. The number of hydrogen-bond donors (Lipinski definition) is 1. The Kier molecular flexibility index (Phi) is 7.79. The van der Waals surface area contributed by atoms with Crippen LogP contribution < -0.4 is 5.32 Å². The average Bonchev–Trinajstić information content (AvgIpc) is 3.64. The molecule has 3 atom stereocenters. The maximum Gasteiger partial charge on any atom is 0.255 e. The highest BCUT2D eigenvalue weighted by atomic mass is 32.1. The fourth-order valence-electron chi connectivity index (χ4n) is 5.73. The maximum atomic E-state index is 14.2. The molecular formula is C31H36N4O4S. The topological polar surface area (TPSA) is 91.8 Å². The van der Waals surface area contributed by atoms with Crippen molar-refractivity contribution in [3.63, 3.8) is 0 Å². The van der Waals surface area contributed by atoms with E-state index in [1.807, 2.05) is 75.7 Å². The smallest absolute Gasteiger partial charge is 0.255 e. The van der Waals surface area contributed by atoms with Crippen molar-refractivity contribution in [1.82, 2.24) is 20.1 Å². The summed E-state index contributed by atoms with van der Waals surface area (Å²) in [6, 6.07) is 14.1. The predicted octanol–water partition coefficient (Wildman–Crippen LogP) is 4.42. The first-order valence-corrected chi connectivity index (χ1v) is 14.5. The van der Waals surface area contributed by atoms with Gasteiger partial charge in [-0.2, -0.15) is 0 Å². The van der Waals surface area contributed by atoms with Crippen molar-refractivity contribution in [3.05, 3.63) is 76.4 Å². The largest absolute Gasteiger partial charge is 0.380 e. The first-order valence-electron chi connectivity index (χ1n) is 13.6. The van der Waals surface area contributed by atoms with Gasteiger partial charge in [0.1, 0.15) is 12.1 Å². The number of nitrogens with one attached hydrogen (secondary N) is 1. The molecular weight excluding hydrogens is 524 g/mol. The van der Waals surface area contributed by atoms with Gasteiger partial charge in [0.2, 0.25) is 11.8 Å². The summed E-state index contributed by atoms with van der Waals surface area (Å²) in [6.07, 6.45) is 0.150. The standard InChI is InChI=1S/C31H36N4O4S/c1-19-26(40-18-33-19)21-12-10-20(11-13-21)15-32-28(36)25-14-23(39-5)17-34(25)30(38)27(31(2,3)4)35-16-22-8-6-7-9-24(22)29(35)37/h6-13,18,23,25,27H,14-17H2,1-5H3,(H,32,36)/t23-,25+,27-/m1/s1. The van der Waals surface area contributed by atoms with Gasteiger partial charge in [0.05, 0.1) is 22.2 Å². The summed E-state index contributed by atoms with van der Waals surface area (Å²) in [6.45, 7) is 8.90. The fraction of sp³-hybridized carbons (Fsp3) is 0.419. The summed E-state index contributed by atoms with van der Waals surface area (Å²) >= 11 is 1.60. The van der Waals surface area contributed by atoms with E-state index < -0.39 is 17.5 Å². The first-order chi connectivity index (χ1) is 19.1. The van der Waals surface area contributed by atoms with Crippen LogP contribution in [0.4, 0.5) is 0 Å². The molecule has 0 saturated carbocycles. The summed E-state index contributed by atoms with van der Waals surface area (Å²) < 4.78 is 5.60. The number of thiazole rings is 1. The molecule has 210 valence electrons. The zero-order chi connectivity index (χ0) is 28.6. The molecule has 0 unspecified atom stereocenters. The van der Waals surface area contributed by atoms with Crippen molar-refractivity contribution in [3.8, 4) is 10.4 Å². The molecule has 1 saturated heterocycles. The predicted molar refractivity (Wildman–Crippen MR) is 155 cm³/mol. The van der Waals surface area contributed by atoms with Crippen LogP contribution in [0, 0.1) is 12.3 Å². The van der Waals surface area contributed by atoms with E-state index in [9.17, 15) is 14.4 Å². The third kappa shape index (κ3) is 5.40. The van der Waals surface area contributed by atoms with Gasteiger partial charge < -0.3 is 19.9 Å². The lowest BCUT2D eigenvalue weighted by atomic mass is 9.84. The molecule has 2 aliphatic rings. The van der Waals surface area contributed by atoms with Crippen LogP contribution in [-0.4, -0.2) is 64.3 Å². The van der Waals surface area contributed by atoms with Crippen LogP contribution in [0.15, 0.2) is 54.0 Å². The number of benzene rings is 2. The van der Waals surface area contributed by atoms with E-state index in [1.165, 1.54) is 0 Å². The number of amides is 3. The molecule has 40 heavy (non-hydrogen) atoms. The van der Waals surface area contributed by atoms with Gasteiger partial charge in [-0.25, -0.2) is 4.98 Å². The molecule has 3 heterocycles. The van der Waals surface area contributed by atoms with Crippen molar-refractivity contribution >= 4 is 29.1 Å². The zero-order valence-electron chi connectivity index (χ0n) is 23.6. The number of ether oxygens (including phenoxy) is 1. The molecule has 5 rings (SSSR count). The highest BCUT2D eigenvalue weighted by Crippen LogP contribution is 2.35. The zero-order valence-corrected chi connectivity index (χ0v) is 24.5. The van der Waals surface area contributed by atoms with Gasteiger partial charge in [0, 0.05) is 38.7 Å². The summed E-state index contributed by atoms with van der Waals surface area (Å²) in [5.74, 6) is -0.596. The second-order valence-electron chi connectivity index (χ2n) is 11.6. The number of aryl methyl sites for hydroxylation is 1. The monoisotopic (exact) mass is 560 g/mol. The van der Waals surface area contributed by atoms with Crippen molar-refractivity contribution in [1.29, 1.82) is 0 Å². The number of methoxy groups -OCH3 is 1. The van der Waals surface area contributed by atoms with Crippen molar-refractivity contribution in [2.24, 2.45) is 5.41 Å². The summed E-state index contributed by atoms with van der Waals surface area (Å²) in [5.41, 5.74) is 5.90. The van der Waals surface area contributed by atoms with Gasteiger partial charge in [0.15, 0.2) is 0 Å². The van der Waals surface area contributed by atoms with Gasteiger partial charge in [-0.05, 0) is 35.1 Å². The highest BCUT2D eigenvalue weighted by molar-refractivity contribution is 7.13. The third-order valence-electron chi connectivity index (χ3n) is 7.83. The highest BCUT2D eigenvalue weighted by Gasteiger charge is 2.49. The van der Waals surface area contributed by atoms with Crippen LogP contribution in [0.25, 0.3) is 10.4 Å². The summed E-state index contributed by atoms with van der Waals surface area (Å²) in [5, 5.41) is 3.03. The third-order valence-corrected chi connectivity index (χ3v) is 8.80. The van der Waals surface area contributed by atoms with E-state index in [1.54, 1.807) is 34.3 Å². The molecule has 2 aromatic carbocycles. The van der Waals surface area contributed by atoms with Gasteiger partial charge in [0.25, 0.3) is 5.91 Å². The number of nitrogens with zero attached hydrogens (tertiary/aromatic N) is 3. The molecule has 1 aromatic heterocycles. The number of likely N-dealkylation sites (tertiary alicyclic amines) is 1. The minimum atomic E-state index is -0.721. The first kappa shape index (κ1) is 28.0. The number of fused-ring (bicyclic) bond motifs is 1. The van der Waals surface area contributed by atoms with Crippen LogP contribution in [0.5, 0.6) is 0 Å². The van der Waals surface area contributed by atoms with Gasteiger partial charge >= 0.3 is 0 Å². The van der Waals surface area contributed by atoms with E-state index in [0.29, 0.717) is 31.6 Å². The van der Waals surface area contributed by atoms with Crippen LogP contribution in [0.1, 0.15) is 54.4 Å². The number of hydrogen-bond acceptors (Lipinski definition) is 6. The maximum absolute atomic E-state index is 14.2. The molecule has 0 spiro atoms. The Bertz CT molecular complexity index is 1410. The van der Waals surface area contributed by atoms with E-state index in [0.717, 1.165) is 27.3 Å². The fourth-order valence-corrected chi connectivity index (χ4v) is 6.55. The van der Waals surface area contributed by atoms with Crippen LogP contribution in [0.3, 0.4) is 0 Å². The van der Waals surface area contributed by atoms with Gasteiger partial charge in [-0.15, -0.1) is 11.3 Å². The Morgan fingerprint density at radius 3 is 2.50 bits per heavy atom. The molecule has 8 nitrogen and oxygen atoms in total. The minimum absolute atomic E-state index is 0.149. The van der Waals surface area contributed by atoms with E-state index in [-0.39, 0.29) is 23.8 Å². The summed E-state index contributed by atoms with van der Waals surface area (Å²) in [4.78, 5) is 49.8. The Balaban J connectivity index is 1.31. The number of rotatable bonds is 7. The molecule has 9 heteroatoms. The lowest BCUT2D eigenvalue weighted by Gasteiger charge is -2.40. The molecule has 1 N–H and O–H groups in total. The quantitative estimate of drug-likeness (QED) is 0.462. The number of carbonyl (C=O) groups excluding carboxylic acids is 3. The van der Waals surface area contributed by atoms with E-state index in [2.05, 4.69) is 10.3 Å². The Morgan fingerprint density at radius 1 is 1.15 bits per heavy atom. The molecule has 1 fully saturated rings.